The van der Waals surface area contributed by atoms with Gasteiger partial charge in [0.15, 0.2) is 0 Å². The number of hydrogen-bond donors (Lipinski definition) is 1. The lowest BCUT2D eigenvalue weighted by molar-refractivity contribution is 0.0914. The number of nitrogens with one attached hydrogen (secondary N) is 1. The van der Waals surface area contributed by atoms with Gasteiger partial charge in [-0.2, -0.15) is 0 Å². The second-order valence-corrected chi connectivity index (χ2v) is 6.24. The zero-order valence-corrected chi connectivity index (χ0v) is 13.6. The van der Waals surface area contributed by atoms with Gasteiger partial charge in [0.05, 0.1) is 13.1 Å². The van der Waals surface area contributed by atoms with E-state index in [2.05, 4.69) is 19.2 Å². The van der Waals surface area contributed by atoms with Crippen molar-refractivity contribution in [2.45, 2.75) is 45.8 Å². The van der Waals surface area contributed by atoms with Crippen LogP contribution in [0.2, 0.25) is 0 Å². The normalized spacial score (nSPS) is 18.0. The molecule has 22 heavy (non-hydrogen) atoms. The summed E-state index contributed by atoms with van der Waals surface area (Å²) in [5.74, 6) is 0.298. The van der Waals surface area contributed by atoms with Crippen LogP contribution in [0.5, 0.6) is 0 Å². The highest BCUT2D eigenvalue weighted by molar-refractivity contribution is 5.94. The summed E-state index contributed by atoms with van der Waals surface area (Å²) in [7, 11) is 0. The maximum atomic E-state index is 12.1. The molecule has 2 amide bonds. The first-order valence-corrected chi connectivity index (χ1v) is 7.74. The van der Waals surface area contributed by atoms with E-state index in [9.17, 15) is 9.59 Å². The van der Waals surface area contributed by atoms with Crippen molar-refractivity contribution in [3.63, 3.8) is 0 Å². The van der Waals surface area contributed by atoms with Gasteiger partial charge in [0, 0.05) is 11.6 Å². The van der Waals surface area contributed by atoms with Crippen LogP contribution in [0, 0.1) is 0 Å². The fourth-order valence-corrected chi connectivity index (χ4v) is 2.40. The number of hydrogen-bond acceptors (Lipinski definition) is 3. The predicted molar refractivity (Wildman–Crippen MR) is 85.0 cm³/mol. The van der Waals surface area contributed by atoms with Crippen LogP contribution in [0.4, 0.5) is 4.79 Å². The van der Waals surface area contributed by atoms with Crippen molar-refractivity contribution in [3.05, 3.63) is 35.4 Å². The highest BCUT2D eigenvalue weighted by atomic mass is 16.6. The first-order chi connectivity index (χ1) is 10.4. The molecule has 0 radical (unpaired) electrons. The summed E-state index contributed by atoms with van der Waals surface area (Å²) in [6, 6.07) is 7.69. The Bertz CT molecular complexity index is 537. The summed E-state index contributed by atoms with van der Waals surface area (Å²) in [5.41, 5.74) is 1.82. The first kappa shape index (κ1) is 16.3. The van der Waals surface area contributed by atoms with Gasteiger partial charge < -0.3 is 15.0 Å². The quantitative estimate of drug-likeness (QED) is 0.910. The topological polar surface area (TPSA) is 58.6 Å². The molecule has 0 aliphatic carbocycles. The Morgan fingerprint density at radius 3 is 2.41 bits per heavy atom. The van der Waals surface area contributed by atoms with Crippen LogP contribution in [0.1, 0.15) is 49.5 Å². The summed E-state index contributed by atoms with van der Waals surface area (Å²) < 4.78 is 5.24. The maximum Gasteiger partial charge on any atom is 0.410 e. The molecule has 5 nitrogen and oxygen atoms in total. The van der Waals surface area contributed by atoms with Crippen molar-refractivity contribution in [1.29, 1.82) is 0 Å². The van der Waals surface area contributed by atoms with E-state index in [1.807, 2.05) is 38.1 Å². The number of carbonyl (C=O) groups excluding carboxylic acids is 2. The molecule has 0 saturated carbocycles. The van der Waals surface area contributed by atoms with Gasteiger partial charge in [-0.25, -0.2) is 4.79 Å². The highest BCUT2D eigenvalue weighted by Crippen LogP contribution is 2.16. The maximum absolute atomic E-state index is 12.1. The molecule has 1 fully saturated rings. The standard InChI is InChI=1S/C17H24N2O3/c1-11(2)13-5-7-14(8-6-13)16(20)18-9-15-10-19(12(3)4)17(21)22-15/h5-8,11-12,15H,9-10H2,1-4H3,(H,18,20). The number of cyclic esters (lactones) is 1. The van der Waals surface area contributed by atoms with Crippen LogP contribution in [-0.2, 0) is 4.74 Å². The Hall–Kier alpha value is -2.04. The smallest absolute Gasteiger partial charge is 0.410 e. The summed E-state index contributed by atoms with van der Waals surface area (Å²) in [6.07, 6.45) is -0.593. The lowest BCUT2D eigenvalue weighted by atomic mass is 10.0. The molecular weight excluding hydrogens is 280 g/mol. The van der Waals surface area contributed by atoms with Gasteiger partial charge in [0.2, 0.25) is 0 Å². The molecule has 1 aliphatic heterocycles. The molecule has 1 saturated heterocycles. The van der Waals surface area contributed by atoms with E-state index in [1.54, 1.807) is 4.90 Å². The van der Waals surface area contributed by atoms with Gasteiger partial charge in [-0.1, -0.05) is 26.0 Å². The fourth-order valence-electron chi connectivity index (χ4n) is 2.40. The Morgan fingerprint density at radius 2 is 1.91 bits per heavy atom. The molecule has 0 aromatic heterocycles. The monoisotopic (exact) mass is 304 g/mol. The third kappa shape index (κ3) is 3.78. The van der Waals surface area contributed by atoms with E-state index in [4.69, 9.17) is 4.74 Å². The molecule has 1 aromatic rings. The highest BCUT2D eigenvalue weighted by Gasteiger charge is 2.32. The Morgan fingerprint density at radius 1 is 1.27 bits per heavy atom. The van der Waals surface area contributed by atoms with E-state index in [-0.39, 0.29) is 24.1 Å². The number of benzene rings is 1. The Labute approximate surface area is 131 Å². The zero-order valence-electron chi connectivity index (χ0n) is 13.6. The van der Waals surface area contributed by atoms with Crippen LogP contribution in [0.25, 0.3) is 0 Å². The number of ether oxygens (including phenoxy) is 1. The van der Waals surface area contributed by atoms with E-state index in [1.165, 1.54) is 5.56 Å². The summed E-state index contributed by atoms with van der Waals surface area (Å²) in [5, 5.41) is 2.83. The van der Waals surface area contributed by atoms with Gasteiger partial charge in [0.25, 0.3) is 5.91 Å². The molecule has 120 valence electrons. The van der Waals surface area contributed by atoms with Gasteiger partial charge in [-0.15, -0.1) is 0 Å². The van der Waals surface area contributed by atoms with E-state index >= 15 is 0 Å². The van der Waals surface area contributed by atoms with Crippen molar-refractivity contribution in [1.82, 2.24) is 10.2 Å². The third-order valence-corrected chi connectivity index (χ3v) is 3.86. The lowest BCUT2D eigenvalue weighted by Crippen LogP contribution is -2.36. The molecule has 1 atom stereocenters. The van der Waals surface area contributed by atoms with Crippen molar-refractivity contribution >= 4 is 12.0 Å². The van der Waals surface area contributed by atoms with Crippen molar-refractivity contribution < 1.29 is 14.3 Å². The average molecular weight is 304 g/mol. The van der Waals surface area contributed by atoms with Gasteiger partial charge in [-0.05, 0) is 37.5 Å². The number of amides is 2. The molecular formula is C17H24N2O3. The number of carbonyl (C=O) groups is 2. The molecule has 1 aliphatic rings. The van der Waals surface area contributed by atoms with Gasteiger partial charge in [0.1, 0.15) is 6.10 Å². The van der Waals surface area contributed by atoms with E-state index < -0.39 is 0 Å². The molecule has 5 heteroatoms. The van der Waals surface area contributed by atoms with E-state index in [0.29, 0.717) is 24.6 Å². The molecule has 2 rings (SSSR count). The number of nitrogens with zero attached hydrogens (tertiary/aromatic N) is 1. The zero-order chi connectivity index (χ0) is 16.3. The third-order valence-electron chi connectivity index (χ3n) is 3.86. The minimum atomic E-state index is -0.310. The van der Waals surface area contributed by atoms with Crippen molar-refractivity contribution in [2.24, 2.45) is 0 Å². The van der Waals surface area contributed by atoms with Crippen LogP contribution < -0.4 is 5.32 Å². The first-order valence-electron chi connectivity index (χ1n) is 7.74. The second-order valence-electron chi connectivity index (χ2n) is 6.24. The van der Waals surface area contributed by atoms with Gasteiger partial charge in [-0.3, -0.25) is 4.79 Å². The van der Waals surface area contributed by atoms with Crippen molar-refractivity contribution in [3.8, 4) is 0 Å². The minimum absolute atomic E-state index is 0.108. The predicted octanol–water partition coefficient (Wildman–Crippen LogP) is 2.77. The molecule has 0 spiro atoms. The lowest BCUT2D eigenvalue weighted by Gasteiger charge is -2.16. The molecule has 1 heterocycles. The second kappa shape index (κ2) is 6.81. The van der Waals surface area contributed by atoms with E-state index in [0.717, 1.165) is 0 Å². The van der Waals surface area contributed by atoms with Crippen LogP contribution in [0.15, 0.2) is 24.3 Å². The SMILES string of the molecule is CC(C)c1ccc(C(=O)NCC2CN(C(C)C)C(=O)O2)cc1. The van der Waals surface area contributed by atoms with Crippen LogP contribution >= 0.6 is 0 Å². The molecule has 1 N–H and O–H groups in total. The largest absolute Gasteiger partial charge is 0.442 e. The number of rotatable bonds is 5. The fraction of sp³-hybridized carbons (Fsp3) is 0.529. The summed E-state index contributed by atoms with van der Waals surface area (Å²) >= 11 is 0. The minimum Gasteiger partial charge on any atom is -0.442 e. The Balaban J connectivity index is 1.87. The Kier molecular flexibility index (Phi) is 5.06. The van der Waals surface area contributed by atoms with Crippen LogP contribution in [0.3, 0.4) is 0 Å². The summed E-state index contributed by atoms with van der Waals surface area (Å²) in [6.45, 7) is 8.97. The average Bonchev–Trinajstić information content (AvgIpc) is 2.86. The summed E-state index contributed by atoms with van der Waals surface area (Å²) in [4.78, 5) is 25.4. The van der Waals surface area contributed by atoms with Gasteiger partial charge >= 0.3 is 6.09 Å². The van der Waals surface area contributed by atoms with Crippen LogP contribution in [-0.4, -0.2) is 42.1 Å². The molecule has 1 aromatic carbocycles. The van der Waals surface area contributed by atoms with Crippen molar-refractivity contribution in [2.75, 3.05) is 13.1 Å². The molecule has 0 bridgehead atoms. The molecule has 1 unspecified atom stereocenters.